The number of hydrogen-bond acceptors (Lipinski definition) is 9. The van der Waals surface area contributed by atoms with E-state index in [4.69, 9.17) is 22.3 Å². The molecule has 1 fully saturated rings. The third-order valence-corrected chi connectivity index (χ3v) is 9.03. The summed E-state index contributed by atoms with van der Waals surface area (Å²) in [6, 6.07) is 8.29. The van der Waals surface area contributed by atoms with Gasteiger partial charge in [0.1, 0.15) is 28.7 Å². The molecule has 0 aliphatic carbocycles. The number of carbonyl (C=O) groups excluding carboxylic acids is 1. The topological polar surface area (TPSA) is 120 Å². The van der Waals surface area contributed by atoms with Crippen LogP contribution >= 0.6 is 22.9 Å². The van der Waals surface area contributed by atoms with Crippen molar-refractivity contribution in [3.8, 4) is 28.6 Å². The maximum absolute atomic E-state index is 16.9. The monoisotopic (exact) mass is 647 g/mol. The predicted octanol–water partition coefficient (Wildman–Crippen LogP) is 5.16. The Balaban J connectivity index is 1.62. The van der Waals surface area contributed by atoms with E-state index in [-0.39, 0.29) is 54.2 Å². The number of anilines is 2. The Morgan fingerprint density at radius 1 is 1.20 bits per heavy atom. The van der Waals surface area contributed by atoms with Crippen molar-refractivity contribution in [1.82, 2.24) is 29.5 Å². The number of halogens is 3. The summed E-state index contributed by atoms with van der Waals surface area (Å²) in [5, 5.41) is 15.5. The summed E-state index contributed by atoms with van der Waals surface area (Å²) in [4.78, 5) is 26.9. The molecule has 0 unspecified atom stereocenters. The van der Waals surface area contributed by atoms with Gasteiger partial charge in [0.15, 0.2) is 10.9 Å². The van der Waals surface area contributed by atoms with Crippen molar-refractivity contribution in [1.29, 1.82) is 5.26 Å². The van der Waals surface area contributed by atoms with Gasteiger partial charge in [-0.1, -0.05) is 29.5 Å². The molecule has 1 aliphatic rings. The average molecular weight is 648 g/mol. The van der Waals surface area contributed by atoms with Crippen molar-refractivity contribution >= 4 is 60.8 Å². The van der Waals surface area contributed by atoms with Gasteiger partial charge in [-0.15, -0.1) is 0 Å². The molecular formula is C31H28ClF2N9OS. The summed E-state index contributed by atoms with van der Waals surface area (Å²) in [7, 11) is 3.88. The number of amides is 1. The number of carbonyl (C=O) groups is 1. The second-order valence-electron chi connectivity index (χ2n) is 10.8. The van der Waals surface area contributed by atoms with Crippen molar-refractivity contribution in [3.63, 3.8) is 0 Å². The van der Waals surface area contributed by atoms with E-state index in [0.717, 1.165) is 11.3 Å². The summed E-state index contributed by atoms with van der Waals surface area (Å²) in [6.45, 7) is 6.27. The fourth-order valence-corrected chi connectivity index (χ4v) is 6.72. The van der Waals surface area contributed by atoms with E-state index in [1.54, 1.807) is 27.9 Å². The molecule has 1 amide bonds. The van der Waals surface area contributed by atoms with Gasteiger partial charge in [-0.25, -0.2) is 18.7 Å². The molecule has 0 saturated carbocycles. The van der Waals surface area contributed by atoms with Crippen LogP contribution in [0.4, 0.5) is 19.6 Å². The van der Waals surface area contributed by atoms with Gasteiger partial charge < -0.3 is 20.4 Å². The Morgan fingerprint density at radius 3 is 2.64 bits per heavy atom. The first kappa shape index (κ1) is 30.4. The van der Waals surface area contributed by atoms with Crippen LogP contribution in [0.3, 0.4) is 0 Å². The van der Waals surface area contributed by atoms with Crippen molar-refractivity contribution in [2.75, 3.05) is 57.5 Å². The smallest absolute Gasteiger partial charge is 0.246 e. The fourth-order valence-electron chi connectivity index (χ4n) is 5.66. The molecule has 0 bridgehead atoms. The van der Waals surface area contributed by atoms with E-state index in [9.17, 15) is 14.4 Å². The first-order chi connectivity index (χ1) is 21.6. The number of fused-ring (bicyclic) bond motifs is 2. The maximum atomic E-state index is 16.9. The zero-order valence-corrected chi connectivity index (χ0v) is 26.1. The predicted molar refractivity (Wildman–Crippen MR) is 173 cm³/mol. The highest BCUT2D eigenvalue weighted by molar-refractivity contribution is 7.22. The van der Waals surface area contributed by atoms with Crippen molar-refractivity contribution in [2.45, 2.75) is 6.54 Å². The Labute approximate surface area is 266 Å². The highest BCUT2D eigenvalue weighted by atomic mass is 35.5. The lowest BCUT2D eigenvalue weighted by Gasteiger charge is -2.37. The largest absolute Gasteiger partial charge is 0.375 e. The summed E-state index contributed by atoms with van der Waals surface area (Å²) in [6.07, 6.45) is 2.88. The lowest BCUT2D eigenvalue weighted by atomic mass is 9.97. The second-order valence-corrected chi connectivity index (χ2v) is 12.3. The summed E-state index contributed by atoms with van der Waals surface area (Å²) < 4.78 is 33.5. The molecule has 3 aromatic heterocycles. The van der Waals surface area contributed by atoms with E-state index in [1.165, 1.54) is 18.2 Å². The van der Waals surface area contributed by atoms with Gasteiger partial charge in [0, 0.05) is 55.4 Å². The molecule has 14 heteroatoms. The molecule has 6 rings (SSSR count). The Kier molecular flexibility index (Phi) is 8.13. The van der Waals surface area contributed by atoms with Crippen molar-refractivity contribution in [2.24, 2.45) is 0 Å². The van der Waals surface area contributed by atoms with Gasteiger partial charge in [-0.05, 0) is 44.4 Å². The van der Waals surface area contributed by atoms with Crippen molar-refractivity contribution in [3.05, 3.63) is 65.3 Å². The first-order valence-electron chi connectivity index (χ1n) is 14.1. The molecule has 0 spiro atoms. The van der Waals surface area contributed by atoms with Crippen LogP contribution in [0.2, 0.25) is 5.02 Å². The third-order valence-electron chi connectivity index (χ3n) is 7.84. The molecule has 0 atom stereocenters. The molecule has 230 valence electrons. The quantitative estimate of drug-likeness (QED) is 0.241. The van der Waals surface area contributed by atoms with Gasteiger partial charge >= 0.3 is 0 Å². The van der Waals surface area contributed by atoms with Crippen LogP contribution in [-0.4, -0.2) is 82.3 Å². The zero-order valence-electron chi connectivity index (χ0n) is 24.5. The number of thiazole rings is 1. The number of hydrogen-bond donors (Lipinski definition) is 1. The zero-order chi connectivity index (χ0) is 32.0. The van der Waals surface area contributed by atoms with Gasteiger partial charge in [0.2, 0.25) is 5.91 Å². The lowest BCUT2D eigenvalue weighted by molar-refractivity contribution is -0.126. The molecule has 1 aliphatic heterocycles. The van der Waals surface area contributed by atoms with Gasteiger partial charge in [0.05, 0.1) is 33.2 Å². The normalized spacial score (nSPS) is 13.6. The van der Waals surface area contributed by atoms with E-state index in [2.05, 4.69) is 22.7 Å². The number of rotatable bonds is 7. The third kappa shape index (κ3) is 5.35. The SMILES string of the molecule is C=CC(=O)N1CCN(c2c(C#N)c(-c3ccnn3CCN(C)C)nc3c(F)c(-c4ccc(F)c5sc(N)nc45)c(Cl)cc23)CC1. The van der Waals surface area contributed by atoms with Crippen molar-refractivity contribution < 1.29 is 13.6 Å². The van der Waals surface area contributed by atoms with E-state index >= 15 is 4.39 Å². The standard InChI is InChI=1S/C31H28ClF2N9OS/c1-4-23(44)41-10-12-42(13-11-41)29-18-15-20(32)24(17-5-6-21(33)30-28(17)39-31(36)45-30)25(34)27(18)38-26(19(29)16-35)22-7-8-37-43(22)14-9-40(2)3/h4-8,15H,1,9-14H2,2-3H3,(H2,36,39). The number of nitriles is 1. The molecule has 2 aromatic carbocycles. The number of pyridine rings is 1. The van der Waals surface area contributed by atoms with Gasteiger partial charge in [-0.3, -0.25) is 9.48 Å². The van der Waals surface area contributed by atoms with Crippen LogP contribution in [0.25, 0.3) is 43.6 Å². The molecule has 2 N–H and O–H groups in total. The average Bonchev–Trinajstić information content (AvgIpc) is 3.67. The molecule has 45 heavy (non-hydrogen) atoms. The Bertz CT molecular complexity index is 2030. The molecule has 1 saturated heterocycles. The summed E-state index contributed by atoms with van der Waals surface area (Å²) in [5.74, 6) is -1.46. The Hall–Kier alpha value is -4.64. The number of benzene rings is 2. The van der Waals surface area contributed by atoms with E-state index < -0.39 is 11.6 Å². The van der Waals surface area contributed by atoms with Crippen LogP contribution in [0.15, 0.2) is 43.1 Å². The van der Waals surface area contributed by atoms with Gasteiger partial charge in [-0.2, -0.15) is 10.4 Å². The molecular weight excluding hydrogens is 620 g/mol. The Morgan fingerprint density at radius 2 is 1.96 bits per heavy atom. The fraction of sp³-hybridized carbons (Fsp3) is 0.258. The van der Waals surface area contributed by atoms with Crippen LogP contribution in [0.5, 0.6) is 0 Å². The van der Waals surface area contributed by atoms with E-state index in [1.807, 2.05) is 23.9 Å². The number of piperazine rings is 1. The van der Waals surface area contributed by atoms with Crippen LogP contribution in [-0.2, 0) is 11.3 Å². The first-order valence-corrected chi connectivity index (χ1v) is 15.3. The molecule has 5 aromatic rings. The van der Waals surface area contributed by atoms with E-state index in [0.29, 0.717) is 56.0 Å². The van der Waals surface area contributed by atoms with Crippen LogP contribution in [0, 0.1) is 23.0 Å². The number of aromatic nitrogens is 4. The number of nitrogens with two attached hydrogens (primary N) is 1. The van der Waals surface area contributed by atoms with Crippen LogP contribution in [0.1, 0.15) is 5.56 Å². The minimum absolute atomic E-state index is 0.00362. The second kappa shape index (κ2) is 12.0. The van der Waals surface area contributed by atoms with Gasteiger partial charge in [0.25, 0.3) is 0 Å². The summed E-state index contributed by atoms with van der Waals surface area (Å²) >= 11 is 7.78. The lowest BCUT2D eigenvalue weighted by Crippen LogP contribution is -2.48. The highest BCUT2D eigenvalue weighted by Crippen LogP contribution is 2.45. The highest BCUT2D eigenvalue weighted by Gasteiger charge is 2.30. The minimum atomic E-state index is -0.746. The molecule has 10 nitrogen and oxygen atoms in total. The number of nitrogen functional groups attached to an aromatic ring is 1. The molecule has 4 heterocycles. The number of likely N-dealkylation sites (N-methyl/N-ethyl adjacent to an activating group) is 1. The maximum Gasteiger partial charge on any atom is 0.246 e. The molecule has 0 radical (unpaired) electrons. The number of nitrogens with zero attached hydrogens (tertiary/aromatic N) is 8. The van der Waals surface area contributed by atoms with Crippen LogP contribution < -0.4 is 10.6 Å². The minimum Gasteiger partial charge on any atom is -0.375 e. The summed E-state index contributed by atoms with van der Waals surface area (Å²) in [5.41, 5.74) is 7.83.